The van der Waals surface area contributed by atoms with E-state index in [0.29, 0.717) is 26.1 Å². The van der Waals surface area contributed by atoms with Crippen molar-refractivity contribution in [2.75, 3.05) is 39.3 Å². The standard InChI is InChI=1S/C19H37N3O3/c1-5-6-7-8-9-10-17(23)20-11-12-21-13-15-22(16-14-21)18(24)25-19(2,3)4/h5-16H2,1-4H3,(H,20,23). The monoisotopic (exact) mass is 355 g/mol. The van der Waals surface area contributed by atoms with Crippen LogP contribution in [0.25, 0.3) is 0 Å². The Morgan fingerprint density at radius 3 is 2.24 bits per heavy atom. The number of carbonyl (C=O) groups is 2. The SMILES string of the molecule is CCCCCCCC(=O)NCCN1CCN(C(=O)OC(C)(C)C)CC1. The summed E-state index contributed by atoms with van der Waals surface area (Å²) < 4.78 is 5.40. The second-order valence-electron chi connectivity index (χ2n) is 7.82. The highest BCUT2D eigenvalue weighted by Crippen LogP contribution is 2.11. The fourth-order valence-corrected chi connectivity index (χ4v) is 2.81. The molecule has 0 aromatic rings. The molecule has 0 aromatic carbocycles. The van der Waals surface area contributed by atoms with Crippen LogP contribution in [0.2, 0.25) is 0 Å². The van der Waals surface area contributed by atoms with E-state index < -0.39 is 5.60 Å². The maximum absolute atomic E-state index is 12.0. The molecule has 0 aliphatic carbocycles. The Bertz CT molecular complexity index is 399. The van der Waals surface area contributed by atoms with Crippen LogP contribution in [0.15, 0.2) is 0 Å². The number of piperazine rings is 1. The van der Waals surface area contributed by atoms with Crippen molar-refractivity contribution in [3.8, 4) is 0 Å². The van der Waals surface area contributed by atoms with Crippen LogP contribution in [0.3, 0.4) is 0 Å². The van der Waals surface area contributed by atoms with Crippen molar-refractivity contribution in [1.29, 1.82) is 0 Å². The third-order valence-corrected chi connectivity index (χ3v) is 4.28. The third kappa shape index (κ3) is 10.3. The van der Waals surface area contributed by atoms with E-state index >= 15 is 0 Å². The molecule has 25 heavy (non-hydrogen) atoms. The zero-order valence-corrected chi connectivity index (χ0v) is 16.6. The fourth-order valence-electron chi connectivity index (χ4n) is 2.81. The number of hydrogen-bond acceptors (Lipinski definition) is 4. The number of carbonyl (C=O) groups excluding carboxylic acids is 2. The van der Waals surface area contributed by atoms with Gasteiger partial charge >= 0.3 is 6.09 Å². The molecule has 146 valence electrons. The predicted octanol–water partition coefficient (Wildman–Crippen LogP) is 3.02. The summed E-state index contributed by atoms with van der Waals surface area (Å²) >= 11 is 0. The zero-order valence-electron chi connectivity index (χ0n) is 16.6. The van der Waals surface area contributed by atoms with Gasteiger partial charge in [-0.15, -0.1) is 0 Å². The van der Waals surface area contributed by atoms with Gasteiger partial charge in [0.1, 0.15) is 5.60 Å². The van der Waals surface area contributed by atoms with E-state index in [1.54, 1.807) is 4.90 Å². The van der Waals surface area contributed by atoms with Crippen LogP contribution in [0.4, 0.5) is 4.79 Å². The Morgan fingerprint density at radius 2 is 1.64 bits per heavy atom. The molecule has 6 heteroatoms. The van der Waals surface area contributed by atoms with E-state index in [1.807, 2.05) is 20.8 Å². The first-order chi connectivity index (χ1) is 11.8. The molecule has 0 radical (unpaired) electrons. The van der Waals surface area contributed by atoms with Crippen LogP contribution >= 0.6 is 0 Å². The fraction of sp³-hybridized carbons (Fsp3) is 0.895. The maximum Gasteiger partial charge on any atom is 0.410 e. The van der Waals surface area contributed by atoms with Gasteiger partial charge in [0.25, 0.3) is 0 Å². The summed E-state index contributed by atoms with van der Waals surface area (Å²) in [6.07, 6.45) is 6.25. The Labute approximate surface area is 153 Å². The quantitative estimate of drug-likeness (QED) is 0.646. The Morgan fingerprint density at radius 1 is 1.00 bits per heavy atom. The number of amides is 2. The normalized spacial score (nSPS) is 15.9. The number of rotatable bonds is 9. The zero-order chi connectivity index (χ0) is 18.7. The van der Waals surface area contributed by atoms with E-state index in [0.717, 1.165) is 32.5 Å². The summed E-state index contributed by atoms with van der Waals surface area (Å²) in [6, 6.07) is 0. The molecule has 1 heterocycles. The molecule has 0 unspecified atom stereocenters. The van der Waals surface area contributed by atoms with Gasteiger partial charge in [0.2, 0.25) is 5.91 Å². The highest BCUT2D eigenvalue weighted by Gasteiger charge is 2.25. The molecule has 1 N–H and O–H groups in total. The smallest absolute Gasteiger partial charge is 0.410 e. The van der Waals surface area contributed by atoms with Gasteiger partial charge in [0.05, 0.1) is 0 Å². The maximum atomic E-state index is 12.0. The first kappa shape index (κ1) is 21.7. The molecule has 1 fully saturated rings. The molecular formula is C19H37N3O3. The van der Waals surface area contributed by atoms with Gasteiger partial charge in [-0.2, -0.15) is 0 Å². The van der Waals surface area contributed by atoms with Crippen LogP contribution in [-0.2, 0) is 9.53 Å². The van der Waals surface area contributed by atoms with E-state index in [1.165, 1.54) is 19.3 Å². The van der Waals surface area contributed by atoms with E-state index in [9.17, 15) is 9.59 Å². The first-order valence-electron chi connectivity index (χ1n) is 9.79. The molecule has 6 nitrogen and oxygen atoms in total. The van der Waals surface area contributed by atoms with Gasteiger partial charge in [0, 0.05) is 45.7 Å². The lowest BCUT2D eigenvalue weighted by atomic mass is 10.1. The third-order valence-electron chi connectivity index (χ3n) is 4.28. The summed E-state index contributed by atoms with van der Waals surface area (Å²) in [5.41, 5.74) is -0.449. The molecule has 0 aromatic heterocycles. The number of nitrogens with one attached hydrogen (secondary N) is 1. The summed E-state index contributed by atoms with van der Waals surface area (Å²) in [6.45, 7) is 12.4. The largest absolute Gasteiger partial charge is 0.444 e. The van der Waals surface area contributed by atoms with Gasteiger partial charge < -0.3 is 15.0 Å². The van der Waals surface area contributed by atoms with Gasteiger partial charge in [-0.05, 0) is 27.2 Å². The number of unbranched alkanes of at least 4 members (excludes halogenated alkanes) is 4. The predicted molar refractivity (Wildman–Crippen MR) is 101 cm³/mol. The van der Waals surface area contributed by atoms with Crippen molar-refractivity contribution in [2.24, 2.45) is 0 Å². The van der Waals surface area contributed by atoms with Crippen LogP contribution in [0.1, 0.15) is 66.2 Å². The molecular weight excluding hydrogens is 318 g/mol. The van der Waals surface area contributed by atoms with Crippen LogP contribution in [0, 0.1) is 0 Å². The molecule has 1 aliphatic heterocycles. The van der Waals surface area contributed by atoms with Gasteiger partial charge in [-0.1, -0.05) is 32.6 Å². The minimum atomic E-state index is -0.449. The lowest BCUT2D eigenvalue weighted by molar-refractivity contribution is -0.121. The molecule has 1 saturated heterocycles. The minimum Gasteiger partial charge on any atom is -0.444 e. The van der Waals surface area contributed by atoms with Gasteiger partial charge in [-0.3, -0.25) is 9.69 Å². The van der Waals surface area contributed by atoms with Crippen molar-refractivity contribution >= 4 is 12.0 Å². The summed E-state index contributed by atoms with van der Waals surface area (Å²) in [5.74, 6) is 0.156. The lowest BCUT2D eigenvalue weighted by Crippen LogP contribution is -2.51. The molecule has 0 bridgehead atoms. The van der Waals surface area contributed by atoms with Crippen molar-refractivity contribution in [1.82, 2.24) is 15.1 Å². The van der Waals surface area contributed by atoms with Crippen molar-refractivity contribution in [2.45, 2.75) is 71.8 Å². The first-order valence-corrected chi connectivity index (χ1v) is 9.79. The molecule has 2 amide bonds. The van der Waals surface area contributed by atoms with Crippen LogP contribution in [0.5, 0.6) is 0 Å². The highest BCUT2D eigenvalue weighted by atomic mass is 16.6. The number of nitrogens with zero attached hydrogens (tertiary/aromatic N) is 2. The second kappa shape index (κ2) is 11.3. The Balaban J connectivity index is 2.08. The van der Waals surface area contributed by atoms with Crippen LogP contribution in [-0.4, -0.2) is 66.7 Å². The summed E-state index contributed by atoms with van der Waals surface area (Å²) in [5, 5.41) is 3.00. The summed E-state index contributed by atoms with van der Waals surface area (Å²) in [4.78, 5) is 27.9. The molecule has 0 spiro atoms. The van der Waals surface area contributed by atoms with E-state index in [4.69, 9.17) is 4.74 Å². The Kier molecular flexibility index (Phi) is 9.86. The average molecular weight is 356 g/mol. The molecule has 0 atom stereocenters. The van der Waals surface area contributed by atoms with Gasteiger partial charge in [-0.25, -0.2) is 4.79 Å². The van der Waals surface area contributed by atoms with E-state index in [-0.39, 0.29) is 12.0 Å². The molecule has 0 saturated carbocycles. The second-order valence-corrected chi connectivity index (χ2v) is 7.82. The average Bonchev–Trinajstić information content (AvgIpc) is 2.53. The van der Waals surface area contributed by atoms with Crippen LogP contribution < -0.4 is 5.32 Å². The highest BCUT2D eigenvalue weighted by molar-refractivity contribution is 5.75. The number of hydrogen-bond donors (Lipinski definition) is 1. The number of ether oxygens (including phenoxy) is 1. The van der Waals surface area contributed by atoms with E-state index in [2.05, 4.69) is 17.1 Å². The summed E-state index contributed by atoms with van der Waals surface area (Å²) in [7, 11) is 0. The van der Waals surface area contributed by atoms with Crippen molar-refractivity contribution < 1.29 is 14.3 Å². The molecule has 1 rings (SSSR count). The lowest BCUT2D eigenvalue weighted by Gasteiger charge is -2.35. The Hall–Kier alpha value is -1.30. The van der Waals surface area contributed by atoms with Crippen molar-refractivity contribution in [3.63, 3.8) is 0 Å². The minimum absolute atomic E-state index is 0.156. The van der Waals surface area contributed by atoms with Gasteiger partial charge in [0.15, 0.2) is 0 Å². The topological polar surface area (TPSA) is 61.9 Å². The van der Waals surface area contributed by atoms with Crippen molar-refractivity contribution in [3.05, 3.63) is 0 Å². The molecule has 1 aliphatic rings.